The number of rotatable bonds is 1. The second kappa shape index (κ2) is 3.09. The average molecular weight is 154 g/mol. The standard InChI is InChI=1S/C5H10N6/c1-2-3-4(6)8-10-11-9-5(3)7/h3H,2H2,1H3,(H2,6,8,11)(H2,7,9,10). The van der Waals surface area contributed by atoms with E-state index in [1.165, 1.54) is 0 Å². The Hall–Kier alpha value is -1.46. The first-order valence-electron chi connectivity index (χ1n) is 3.34. The van der Waals surface area contributed by atoms with Gasteiger partial charge in [0.05, 0.1) is 5.92 Å². The molecule has 1 aliphatic rings. The summed E-state index contributed by atoms with van der Waals surface area (Å²) in [5, 5.41) is 21.5. The van der Waals surface area contributed by atoms with Gasteiger partial charge in [0.2, 0.25) is 0 Å². The molecular weight excluding hydrogens is 144 g/mol. The molecule has 6 nitrogen and oxygen atoms in total. The van der Waals surface area contributed by atoms with Gasteiger partial charge in [-0.2, -0.15) is 0 Å². The number of nitrogens with one attached hydrogen (secondary N) is 4. The maximum Gasteiger partial charge on any atom is 0.126 e. The molecule has 4 N–H and O–H groups in total. The molecule has 1 rings (SSSR count). The van der Waals surface area contributed by atoms with E-state index in [-0.39, 0.29) is 17.6 Å². The SMILES string of the molecule is CCC1C(=N)NN=NNC1=N. The van der Waals surface area contributed by atoms with E-state index in [9.17, 15) is 0 Å². The molecule has 0 spiro atoms. The van der Waals surface area contributed by atoms with E-state index in [1.54, 1.807) is 0 Å². The molecule has 0 aliphatic carbocycles. The van der Waals surface area contributed by atoms with Crippen LogP contribution in [0.15, 0.2) is 10.4 Å². The van der Waals surface area contributed by atoms with Gasteiger partial charge in [0.15, 0.2) is 0 Å². The van der Waals surface area contributed by atoms with Crippen molar-refractivity contribution in [3.05, 3.63) is 0 Å². The van der Waals surface area contributed by atoms with E-state index in [4.69, 9.17) is 10.8 Å². The largest absolute Gasteiger partial charge is 0.286 e. The van der Waals surface area contributed by atoms with Gasteiger partial charge < -0.3 is 0 Å². The third-order valence-electron chi connectivity index (χ3n) is 1.50. The van der Waals surface area contributed by atoms with Crippen molar-refractivity contribution in [1.82, 2.24) is 10.9 Å². The van der Waals surface area contributed by atoms with Crippen molar-refractivity contribution in [2.45, 2.75) is 13.3 Å². The second-order valence-electron chi connectivity index (χ2n) is 2.21. The molecule has 0 saturated carbocycles. The maximum atomic E-state index is 7.37. The van der Waals surface area contributed by atoms with Crippen LogP contribution < -0.4 is 10.9 Å². The van der Waals surface area contributed by atoms with Gasteiger partial charge in [-0.25, -0.2) is 10.9 Å². The first-order chi connectivity index (χ1) is 5.25. The van der Waals surface area contributed by atoms with Gasteiger partial charge in [0.1, 0.15) is 11.7 Å². The van der Waals surface area contributed by atoms with Gasteiger partial charge in [-0.15, -0.1) is 0 Å². The van der Waals surface area contributed by atoms with Crippen LogP contribution in [0.4, 0.5) is 0 Å². The van der Waals surface area contributed by atoms with E-state index >= 15 is 0 Å². The summed E-state index contributed by atoms with van der Waals surface area (Å²) in [7, 11) is 0. The topological polar surface area (TPSA) is 96.5 Å². The number of nitrogens with zero attached hydrogens (tertiary/aromatic N) is 2. The van der Waals surface area contributed by atoms with Gasteiger partial charge >= 0.3 is 0 Å². The van der Waals surface area contributed by atoms with Gasteiger partial charge in [0.25, 0.3) is 0 Å². The molecule has 60 valence electrons. The smallest absolute Gasteiger partial charge is 0.126 e. The Kier molecular flexibility index (Phi) is 2.15. The van der Waals surface area contributed by atoms with Crippen molar-refractivity contribution < 1.29 is 0 Å². The van der Waals surface area contributed by atoms with E-state index in [1.807, 2.05) is 6.92 Å². The zero-order valence-electron chi connectivity index (χ0n) is 6.18. The summed E-state index contributed by atoms with van der Waals surface area (Å²) in [6.45, 7) is 1.91. The Morgan fingerprint density at radius 1 is 1.27 bits per heavy atom. The number of amidine groups is 2. The number of hydrogen-bond acceptors (Lipinski definition) is 4. The number of hydrogen-bond donors (Lipinski definition) is 4. The lowest BCUT2D eigenvalue weighted by atomic mass is 10.0. The van der Waals surface area contributed by atoms with Crippen LogP contribution in [0.2, 0.25) is 0 Å². The zero-order valence-corrected chi connectivity index (χ0v) is 6.18. The van der Waals surface area contributed by atoms with Crippen molar-refractivity contribution >= 4 is 11.7 Å². The van der Waals surface area contributed by atoms with E-state index in [0.717, 1.165) is 0 Å². The fraction of sp³-hybridized carbons (Fsp3) is 0.600. The molecule has 0 aromatic rings. The third kappa shape index (κ3) is 1.51. The summed E-state index contributed by atoms with van der Waals surface area (Å²) in [5.41, 5.74) is 4.83. The normalized spacial score (nSPS) is 23.9. The summed E-state index contributed by atoms with van der Waals surface area (Å²) >= 11 is 0. The molecule has 0 bridgehead atoms. The lowest BCUT2D eigenvalue weighted by Gasteiger charge is -2.11. The molecule has 0 aromatic carbocycles. The lowest BCUT2D eigenvalue weighted by molar-refractivity contribution is 0.793. The van der Waals surface area contributed by atoms with Crippen molar-refractivity contribution in [1.29, 1.82) is 10.8 Å². The van der Waals surface area contributed by atoms with Gasteiger partial charge in [-0.3, -0.25) is 10.8 Å². The van der Waals surface area contributed by atoms with Gasteiger partial charge in [-0.1, -0.05) is 6.92 Å². The fourth-order valence-electron chi connectivity index (χ4n) is 0.866. The van der Waals surface area contributed by atoms with Gasteiger partial charge in [0, 0.05) is 0 Å². The first kappa shape index (κ1) is 7.64. The van der Waals surface area contributed by atoms with E-state index in [0.29, 0.717) is 6.42 Å². The van der Waals surface area contributed by atoms with Crippen LogP contribution in [-0.4, -0.2) is 11.7 Å². The summed E-state index contributed by atoms with van der Waals surface area (Å²) < 4.78 is 0. The molecule has 0 unspecified atom stereocenters. The molecule has 6 heteroatoms. The molecule has 1 heterocycles. The molecule has 11 heavy (non-hydrogen) atoms. The van der Waals surface area contributed by atoms with Crippen molar-refractivity contribution in [2.24, 2.45) is 16.4 Å². The molecule has 0 aromatic heterocycles. The Balaban J connectivity index is 2.74. The average Bonchev–Trinajstić information content (AvgIpc) is 2.12. The van der Waals surface area contributed by atoms with Crippen LogP contribution in [0.5, 0.6) is 0 Å². The van der Waals surface area contributed by atoms with Crippen molar-refractivity contribution in [2.75, 3.05) is 0 Å². The van der Waals surface area contributed by atoms with Crippen LogP contribution in [0.3, 0.4) is 0 Å². The summed E-state index contributed by atoms with van der Waals surface area (Å²) in [5.74, 6) is 0.197. The third-order valence-corrected chi connectivity index (χ3v) is 1.50. The molecule has 0 radical (unpaired) electrons. The highest BCUT2D eigenvalue weighted by Crippen LogP contribution is 2.04. The zero-order chi connectivity index (χ0) is 8.27. The van der Waals surface area contributed by atoms with Gasteiger partial charge in [-0.05, 0) is 16.9 Å². The molecular formula is C5H10N6. The summed E-state index contributed by atoms with van der Waals surface area (Å²) in [6.07, 6.45) is 0.697. The monoisotopic (exact) mass is 154 g/mol. The molecule has 0 fully saturated rings. The predicted octanol–water partition coefficient (Wildman–Crippen LogP) is 0.442. The Bertz CT molecular complexity index is 187. The Morgan fingerprint density at radius 2 is 1.73 bits per heavy atom. The summed E-state index contributed by atoms with van der Waals surface area (Å²) in [4.78, 5) is 0. The molecule has 0 saturated heterocycles. The Labute approximate surface area is 64.1 Å². The first-order valence-corrected chi connectivity index (χ1v) is 3.34. The van der Waals surface area contributed by atoms with Crippen molar-refractivity contribution in [3.8, 4) is 0 Å². The molecule has 1 aliphatic heterocycles. The van der Waals surface area contributed by atoms with Crippen LogP contribution in [0.25, 0.3) is 0 Å². The maximum absolute atomic E-state index is 7.37. The minimum atomic E-state index is -0.231. The Morgan fingerprint density at radius 3 is 2.09 bits per heavy atom. The minimum absolute atomic E-state index is 0.214. The quantitative estimate of drug-likeness (QED) is 0.441. The van der Waals surface area contributed by atoms with Crippen LogP contribution in [-0.2, 0) is 0 Å². The second-order valence-corrected chi connectivity index (χ2v) is 2.21. The fourth-order valence-corrected chi connectivity index (χ4v) is 0.866. The predicted molar refractivity (Wildman–Crippen MR) is 40.4 cm³/mol. The highest BCUT2D eigenvalue weighted by molar-refractivity contribution is 6.02. The highest BCUT2D eigenvalue weighted by atomic mass is 15.6. The summed E-state index contributed by atoms with van der Waals surface area (Å²) in [6, 6.07) is 0. The lowest BCUT2D eigenvalue weighted by Crippen LogP contribution is -2.33. The van der Waals surface area contributed by atoms with E-state index in [2.05, 4.69) is 21.3 Å². The minimum Gasteiger partial charge on any atom is -0.286 e. The van der Waals surface area contributed by atoms with E-state index < -0.39 is 0 Å². The molecule has 0 amide bonds. The van der Waals surface area contributed by atoms with Crippen molar-refractivity contribution in [3.63, 3.8) is 0 Å². The van der Waals surface area contributed by atoms with Crippen LogP contribution in [0, 0.1) is 16.7 Å². The van der Waals surface area contributed by atoms with Crippen LogP contribution >= 0.6 is 0 Å². The van der Waals surface area contributed by atoms with Crippen LogP contribution in [0.1, 0.15) is 13.3 Å². The molecule has 0 atom stereocenters. The highest BCUT2D eigenvalue weighted by Gasteiger charge is 2.19.